The predicted molar refractivity (Wildman–Crippen MR) is 85.0 cm³/mol. The Kier molecular flexibility index (Phi) is 3.25. The third kappa shape index (κ3) is 2.42. The number of hydrogen-bond acceptors (Lipinski definition) is 4. The van der Waals surface area contributed by atoms with E-state index in [1.807, 2.05) is 13.0 Å². The fraction of sp³-hybridized carbons (Fsp3) is 0.267. The molecule has 0 aliphatic heterocycles. The lowest BCUT2D eigenvalue weighted by molar-refractivity contribution is 0.101. The summed E-state index contributed by atoms with van der Waals surface area (Å²) < 4.78 is 2.65. The van der Waals surface area contributed by atoms with E-state index in [9.17, 15) is 4.79 Å². The van der Waals surface area contributed by atoms with E-state index in [4.69, 9.17) is 0 Å². The number of carbonyl (C=O) groups excluding carboxylic acids is 1. The number of fused-ring (bicyclic) bond motifs is 1. The van der Waals surface area contributed by atoms with E-state index in [0.717, 1.165) is 15.8 Å². The largest absolute Gasteiger partial charge is 0.296 e. The zero-order valence-corrected chi connectivity index (χ0v) is 13.2. The molecule has 5 nitrogen and oxygen atoms in total. The van der Waals surface area contributed by atoms with Crippen LogP contribution in [0.15, 0.2) is 18.3 Å². The topological polar surface area (TPSA) is 59.8 Å². The zero-order valence-electron chi connectivity index (χ0n) is 12.4. The third-order valence-corrected chi connectivity index (χ3v) is 4.49. The van der Waals surface area contributed by atoms with Gasteiger partial charge in [-0.05, 0) is 49.6 Å². The molecule has 0 aliphatic rings. The lowest BCUT2D eigenvalue weighted by Crippen LogP contribution is -2.17. The average Bonchev–Trinajstić information content (AvgIpc) is 2.93. The Labute approximate surface area is 126 Å². The van der Waals surface area contributed by atoms with Crippen molar-refractivity contribution in [3.8, 4) is 0 Å². The van der Waals surface area contributed by atoms with Gasteiger partial charge >= 0.3 is 0 Å². The molecule has 0 saturated heterocycles. The highest BCUT2D eigenvalue weighted by Gasteiger charge is 2.16. The summed E-state index contributed by atoms with van der Waals surface area (Å²) in [7, 11) is 1.76. The molecule has 0 saturated carbocycles. The molecule has 6 heteroatoms. The first kappa shape index (κ1) is 13.8. The van der Waals surface area contributed by atoms with Crippen molar-refractivity contribution in [1.82, 2.24) is 14.8 Å². The van der Waals surface area contributed by atoms with E-state index in [2.05, 4.69) is 35.3 Å². The number of nitrogens with one attached hydrogen (secondary N) is 1. The molecule has 0 bridgehead atoms. The van der Waals surface area contributed by atoms with Crippen LogP contribution in [0.4, 0.5) is 5.13 Å². The number of carbonyl (C=O) groups is 1. The Morgan fingerprint density at radius 1 is 1.19 bits per heavy atom. The van der Waals surface area contributed by atoms with Crippen LogP contribution in [0.2, 0.25) is 0 Å². The number of aryl methyl sites for hydroxylation is 4. The first-order valence-corrected chi connectivity index (χ1v) is 7.45. The van der Waals surface area contributed by atoms with Gasteiger partial charge < -0.3 is 0 Å². The molecular weight excluding hydrogens is 284 g/mol. The summed E-state index contributed by atoms with van der Waals surface area (Å²) in [6.07, 6.45) is 1.68. The van der Waals surface area contributed by atoms with Crippen molar-refractivity contribution in [3.05, 3.63) is 40.7 Å². The molecule has 1 aromatic carbocycles. The Bertz CT molecular complexity index is 788. The van der Waals surface area contributed by atoms with Crippen molar-refractivity contribution in [1.29, 1.82) is 0 Å². The second-order valence-corrected chi connectivity index (χ2v) is 6.21. The first-order chi connectivity index (χ1) is 9.95. The van der Waals surface area contributed by atoms with Gasteiger partial charge in [-0.3, -0.25) is 14.8 Å². The Morgan fingerprint density at radius 2 is 1.90 bits per heavy atom. The first-order valence-electron chi connectivity index (χ1n) is 6.63. The van der Waals surface area contributed by atoms with Crippen LogP contribution in [0.25, 0.3) is 10.2 Å². The molecular formula is C15H16N4OS. The van der Waals surface area contributed by atoms with Crippen LogP contribution in [0.5, 0.6) is 0 Å². The highest BCUT2D eigenvalue weighted by Crippen LogP contribution is 2.28. The summed E-state index contributed by atoms with van der Waals surface area (Å²) in [4.78, 5) is 16.8. The molecule has 0 spiro atoms. The normalized spacial score (nSPS) is 11.0. The quantitative estimate of drug-likeness (QED) is 0.790. The summed E-state index contributed by atoms with van der Waals surface area (Å²) >= 11 is 1.48. The van der Waals surface area contributed by atoms with E-state index in [1.165, 1.54) is 22.5 Å². The van der Waals surface area contributed by atoms with Crippen molar-refractivity contribution in [2.24, 2.45) is 7.05 Å². The number of aromatic nitrogens is 3. The fourth-order valence-electron chi connectivity index (χ4n) is 2.26. The molecule has 1 N–H and O–H groups in total. The summed E-state index contributed by atoms with van der Waals surface area (Å²) in [5, 5.41) is 7.56. The highest BCUT2D eigenvalue weighted by molar-refractivity contribution is 7.22. The predicted octanol–water partition coefficient (Wildman–Crippen LogP) is 3.21. The Morgan fingerprint density at radius 3 is 2.57 bits per heavy atom. The van der Waals surface area contributed by atoms with Crippen LogP contribution in [-0.2, 0) is 7.05 Å². The van der Waals surface area contributed by atoms with Crippen LogP contribution in [0.1, 0.15) is 27.2 Å². The van der Waals surface area contributed by atoms with Gasteiger partial charge in [-0.15, -0.1) is 0 Å². The van der Waals surface area contributed by atoms with Gasteiger partial charge in [-0.25, -0.2) is 4.98 Å². The summed E-state index contributed by atoms with van der Waals surface area (Å²) in [5.74, 6) is -0.181. The Balaban J connectivity index is 1.93. The van der Waals surface area contributed by atoms with Crippen molar-refractivity contribution in [2.45, 2.75) is 20.8 Å². The van der Waals surface area contributed by atoms with Crippen molar-refractivity contribution in [3.63, 3.8) is 0 Å². The summed E-state index contributed by atoms with van der Waals surface area (Å²) in [6, 6.07) is 4.15. The SMILES string of the molecule is Cc1cc2nc(NC(=O)c3c(C)cnn3C)sc2cc1C. The molecule has 2 aromatic heterocycles. The maximum atomic E-state index is 12.3. The van der Waals surface area contributed by atoms with Crippen molar-refractivity contribution >= 4 is 32.6 Å². The molecule has 0 fully saturated rings. The Hall–Kier alpha value is -2.21. The van der Waals surface area contributed by atoms with E-state index in [0.29, 0.717) is 10.8 Å². The molecule has 0 unspecified atom stereocenters. The minimum atomic E-state index is -0.181. The third-order valence-electron chi connectivity index (χ3n) is 3.56. The van der Waals surface area contributed by atoms with Gasteiger partial charge in [0, 0.05) is 7.05 Å². The number of benzene rings is 1. The molecule has 108 valence electrons. The second-order valence-electron chi connectivity index (χ2n) is 5.18. The number of anilines is 1. The fourth-order valence-corrected chi connectivity index (χ4v) is 3.20. The van der Waals surface area contributed by atoms with Crippen molar-refractivity contribution < 1.29 is 4.79 Å². The number of amides is 1. The lowest BCUT2D eigenvalue weighted by Gasteiger charge is -2.02. The van der Waals surface area contributed by atoms with Crippen molar-refractivity contribution in [2.75, 3.05) is 5.32 Å². The number of nitrogens with zero attached hydrogens (tertiary/aromatic N) is 3. The average molecular weight is 300 g/mol. The zero-order chi connectivity index (χ0) is 15.1. The maximum absolute atomic E-state index is 12.3. The van der Waals surface area contributed by atoms with Crippen LogP contribution in [-0.4, -0.2) is 20.7 Å². The van der Waals surface area contributed by atoms with Gasteiger partial charge in [-0.1, -0.05) is 11.3 Å². The number of hydrogen-bond donors (Lipinski definition) is 1. The highest BCUT2D eigenvalue weighted by atomic mass is 32.1. The molecule has 3 aromatic rings. The van der Waals surface area contributed by atoms with E-state index >= 15 is 0 Å². The van der Waals surface area contributed by atoms with E-state index < -0.39 is 0 Å². The van der Waals surface area contributed by atoms with Crippen LogP contribution < -0.4 is 5.32 Å². The van der Waals surface area contributed by atoms with E-state index in [1.54, 1.807) is 17.9 Å². The van der Waals surface area contributed by atoms with Gasteiger partial charge in [0.25, 0.3) is 5.91 Å². The van der Waals surface area contributed by atoms with Gasteiger partial charge in [0.15, 0.2) is 5.13 Å². The molecule has 0 aliphatic carbocycles. The molecule has 0 radical (unpaired) electrons. The van der Waals surface area contributed by atoms with Crippen LogP contribution >= 0.6 is 11.3 Å². The van der Waals surface area contributed by atoms with E-state index in [-0.39, 0.29) is 5.91 Å². The minimum absolute atomic E-state index is 0.181. The van der Waals surface area contributed by atoms with Gasteiger partial charge in [0.05, 0.1) is 16.4 Å². The molecule has 1 amide bonds. The monoisotopic (exact) mass is 300 g/mol. The number of thiazole rings is 1. The summed E-state index contributed by atoms with van der Waals surface area (Å²) in [6.45, 7) is 6.00. The molecule has 0 atom stereocenters. The molecule has 21 heavy (non-hydrogen) atoms. The van der Waals surface area contributed by atoms with Crippen LogP contribution in [0, 0.1) is 20.8 Å². The smallest absolute Gasteiger partial charge is 0.275 e. The number of rotatable bonds is 2. The minimum Gasteiger partial charge on any atom is -0.296 e. The molecule has 2 heterocycles. The standard InChI is InChI=1S/C15H16N4OS/c1-8-5-11-12(6-9(8)2)21-15(17-11)18-14(20)13-10(3)7-16-19(13)4/h5-7H,1-4H3,(H,17,18,20). The van der Waals surface area contributed by atoms with Crippen LogP contribution in [0.3, 0.4) is 0 Å². The van der Waals surface area contributed by atoms with Gasteiger partial charge in [-0.2, -0.15) is 5.10 Å². The van der Waals surface area contributed by atoms with Gasteiger partial charge in [0.1, 0.15) is 5.69 Å². The maximum Gasteiger partial charge on any atom is 0.275 e. The molecule has 3 rings (SSSR count). The summed E-state index contributed by atoms with van der Waals surface area (Å²) in [5.41, 5.74) is 4.75. The second kappa shape index (κ2) is 4.96. The van der Waals surface area contributed by atoms with Gasteiger partial charge in [0.2, 0.25) is 0 Å². The lowest BCUT2D eigenvalue weighted by atomic mass is 10.1.